The molecule has 2 rings (SSSR count). The van der Waals surface area contributed by atoms with Crippen molar-refractivity contribution in [3.8, 4) is 0 Å². The fraction of sp³-hybridized carbons (Fsp3) is 0.308. The van der Waals surface area contributed by atoms with Crippen LogP contribution in [0.5, 0.6) is 0 Å². The highest BCUT2D eigenvalue weighted by molar-refractivity contribution is 6.02. The van der Waals surface area contributed by atoms with Gasteiger partial charge in [0.2, 0.25) is 0 Å². The van der Waals surface area contributed by atoms with Gasteiger partial charge in [0, 0.05) is 11.1 Å². The Bertz CT molecular complexity index is 428. The number of carbonyl (C=O) groups excluding carboxylic acids is 1. The average Bonchev–Trinajstić information content (AvgIpc) is 2.57. The average molecular weight is 201 g/mol. The van der Waals surface area contributed by atoms with Gasteiger partial charge >= 0.3 is 0 Å². The summed E-state index contributed by atoms with van der Waals surface area (Å²) in [4.78, 5) is 11.9. The first-order valence-electron chi connectivity index (χ1n) is 5.11. The van der Waals surface area contributed by atoms with Crippen molar-refractivity contribution in [2.45, 2.75) is 26.3 Å². The van der Waals surface area contributed by atoms with Crippen LogP contribution in [0.1, 0.15) is 20.8 Å². The number of hydrogen-bond donors (Lipinski definition) is 1. The maximum atomic E-state index is 11.9. The first-order valence-corrected chi connectivity index (χ1v) is 5.11. The molecule has 0 radical (unpaired) electrons. The maximum Gasteiger partial charge on any atom is 0.252 e. The second-order valence-corrected chi connectivity index (χ2v) is 4.85. The van der Waals surface area contributed by atoms with Crippen LogP contribution in [0.3, 0.4) is 0 Å². The molecule has 0 aromatic heterocycles. The zero-order chi connectivity index (χ0) is 11.1. The lowest BCUT2D eigenvalue weighted by Crippen LogP contribution is -2.41. The molecule has 1 N–H and O–H groups in total. The van der Waals surface area contributed by atoms with E-state index < -0.39 is 0 Å². The van der Waals surface area contributed by atoms with E-state index in [0.29, 0.717) is 0 Å². The molecule has 1 amide bonds. The van der Waals surface area contributed by atoms with Gasteiger partial charge in [0.25, 0.3) is 5.91 Å². The topological polar surface area (TPSA) is 29.1 Å². The Labute approximate surface area is 90.1 Å². The Morgan fingerprint density at radius 1 is 1.20 bits per heavy atom. The highest BCUT2D eigenvalue weighted by Gasteiger charge is 2.24. The summed E-state index contributed by atoms with van der Waals surface area (Å²) in [5.41, 5.74) is 2.75. The molecule has 0 aliphatic heterocycles. The summed E-state index contributed by atoms with van der Waals surface area (Å²) in [5.74, 6) is 0.00343. The molecule has 0 heterocycles. The lowest BCUT2D eigenvalue weighted by Gasteiger charge is -2.21. The molecule has 0 spiro atoms. The number of carbonyl (C=O) groups is 1. The van der Waals surface area contributed by atoms with Gasteiger partial charge in [-0.15, -0.1) is 0 Å². The SMILES string of the molecule is CC(C)(C)NC(=O)C1=CC=C2C=CC=C21. The van der Waals surface area contributed by atoms with Crippen LogP contribution in [0.25, 0.3) is 0 Å². The first kappa shape index (κ1) is 9.97. The number of nitrogens with one attached hydrogen (secondary N) is 1. The summed E-state index contributed by atoms with van der Waals surface area (Å²) >= 11 is 0. The van der Waals surface area contributed by atoms with Gasteiger partial charge < -0.3 is 5.32 Å². The fourth-order valence-corrected chi connectivity index (χ4v) is 1.69. The lowest BCUT2D eigenvalue weighted by atomic mass is 10.0. The van der Waals surface area contributed by atoms with E-state index >= 15 is 0 Å². The van der Waals surface area contributed by atoms with E-state index in [0.717, 1.165) is 16.7 Å². The van der Waals surface area contributed by atoms with Crippen LogP contribution in [0.15, 0.2) is 47.1 Å². The minimum atomic E-state index is -0.187. The van der Waals surface area contributed by atoms with Gasteiger partial charge in [0.15, 0.2) is 0 Å². The Morgan fingerprint density at radius 3 is 2.60 bits per heavy atom. The summed E-state index contributed by atoms with van der Waals surface area (Å²) in [6.07, 6.45) is 9.83. The number of allylic oxidation sites excluding steroid dienone is 6. The maximum absolute atomic E-state index is 11.9. The van der Waals surface area contributed by atoms with E-state index in [1.165, 1.54) is 0 Å². The van der Waals surface area contributed by atoms with Gasteiger partial charge in [-0.1, -0.05) is 24.3 Å². The Kier molecular flexibility index (Phi) is 2.14. The van der Waals surface area contributed by atoms with Gasteiger partial charge in [0.1, 0.15) is 0 Å². The largest absolute Gasteiger partial charge is 0.347 e. The Hall–Kier alpha value is -1.57. The third kappa shape index (κ3) is 1.94. The van der Waals surface area contributed by atoms with Crippen molar-refractivity contribution >= 4 is 5.91 Å². The van der Waals surface area contributed by atoms with Crippen LogP contribution in [0.4, 0.5) is 0 Å². The monoisotopic (exact) mass is 201 g/mol. The first-order chi connectivity index (χ1) is 6.97. The van der Waals surface area contributed by atoms with Crippen LogP contribution in [0, 0.1) is 0 Å². The predicted octanol–water partition coefficient (Wildman–Crippen LogP) is 2.26. The van der Waals surface area contributed by atoms with Crippen LogP contribution in [-0.4, -0.2) is 11.4 Å². The molecular formula is C13H15NO. The highest BCUT2D eigenvalue weighted by atomic mass is 16.1. The molecule has 0 unspecified atom stereocenters. The number of rotatable bonds is 1. The van der Waals surface area contributed by atoms with Gasteiger partial charge in [-0.05, 0) is 38.0 Å². The second-order valence-electron chi connectivity index (χ2n) is 4.85. The second kappa shape index (κ2) is 3.23. The fourth-order valence-electron chi connectivity index (χ4n) is 1.69. The minimum Gasteiger partial charge on any atom is -0.347 e. The molecule has 0 aromatic rings. The Balaban J connectivity index is 2.13. The van der Waals surface area contributed by atoms with Gasteiger partial charge in [-0.2, -0.15) is 0 Å². The van der Waals surface area contributed by atoms with Gasteiger partial charge in [0.05, 0.1) is 0 Å². The van der Waals surface area contributed by atoms with E-state index in [1.807, 2.05) is 51.2 Å². The predicted molar refractivity (Wildman–Crippen MR) is 61.3 cm³/mol. The standard InChI is InChI=1S/C13H15NO/c1-13(2,3)14-12(15)11-8-7-9-5-4-6-10(9)11/h4-8H,1-3H3,(H,14,15). The molecule has 0 aromatic carbocycles. The third-order valence-electron chi connectivity index (χ3n) is 2.30. The molecule has 0 atom stereocenters. The van der Waals surface area contributed by atoms with E-state index in [9.17, 15) is 4.79 Å². The molecule has 2 nitrogen and oxygen atoms in total. The highest BCUT2D eigenvalue weighted by Crippen LogP contribution is 2.31. The smallest absolute Gasteiger partial charge is 0.252 e. The number of amides is 1. The van der Waals surface area contributed by atoms with E-state index in [2.05, 4.69) is 5.32 Å². The summed E-state index contributed by atoms with van der Waals surface area (Å²) in [5, 5.41) is 2.96. The van der Waals surface area contributed by atoms with Crippen molar-refractivity contribution < 1.29 is 4.79 Å². The zero-order valence-electron chi connectivity index (χ0n) is 9.29. The third-order valence-corrected chi connectivity index (χ3v) is 2.30. The summed E-state index contributed by atoms with van der Waals surface area (Å²) < 4.78 is 0. The van der Waals surface area contributed by atoms with E-state index in [1.54, 1.807) is 0 Å². The van der Waals surface area contributed by atoms with Crippen molar-refractivity contribution in [2.24, 2.45) is 0 Å². The molecular weight excluding hydrogens is 186 g/mol. The molecule has 0 bridgehead atoms. The van der Waals surface area contributed by atoms with Crippen molar-refractivity contribution in [3.05, 3.63) is 47.1 Å². The Morgan fingerprint density at radius 2 is 1.93 bits per heavy atom. The lowest BCUT2D eigenvalue weighted by molar-refractivity contribution is -0.118. The van der Waals surface area contributed by atoms with Gasteiger partial charge in [-0.25, -0.2) is 0 Å². The normalized spacial score (nSPS) is 18.2. The number of fused-ring (bicyclic) bond motifs is 1. The summed E-state index contributed by atoms with van der Waals surface area (Å²) in [6, 6.07) is 0. The van der Waals surface area contributed by atoms with Crippen molar-refractivity contribution in [1.82, 2.24) is 5.32 Å². The van der Waals surface area contributed by atoms with Crippen molar-refractivity contribution in [2.75, 3.05) is 0 Å². The van der Waals surface area contributed by atoms with Crippen molar-refractivity contribution in [3.63, 3.8) is 0 Å². The summed E-state index contributed by atoms with van der Waals surface area (Å²) in [7, 11) is 0. The van der Waals surface area contributed by atoms with Gasteiger partial charge in [-0.3, -0.25) is 4.79 Å². The minimum absolute atomic E-state index is 0.00343. The molecule has 2 aliphatic rings. The van der Waals surface area contributed by atoms with Crippen LogP contribution >= 0.6 is 0 Å². The van der Waals surface area contributed by atoms with Crippen LogP contribution in [-0.2, 0) is 4.79 Å². The van der Waals surface area contributed by atoms with E-state index in [4.69, 9.17) is 0 Å². The zero-order valence-corrected chi connectivity index (χ0v) is 9.29. The van der Waals surface area contributed by atoms with Crippen molar-refractivity contribution in [1.29, 1.82) is 0 Å². The number of hydrogen-bond acceptors (Lipinski definition) is 1. The van der Waals surface area contributed by atoms with E-state index in [-0.39, 0.29) is 11.4 Å². The molecule has 0 fully saturated rings. The molecule has 2 heteroatoms. The molecule has 2 aliphatic carbocycles. The molecule has 0 saturated carbocycles. The molecule has 15 heavy (non-hydrogen) atoms. The van der Waals surface area contributed by atoms with Crippen LogP contribution in [0.2, 0.25) is 0 Å². The van der Waals surface area contributed by atoms with Crippen LogP contribution < -0.4 is 5.32 Å². The molecule has 78 valence electrons. The quantitative estimate of drug-likeness (QED) is 0.692. The molecule has 0 saturated heterocycles. The summed E-state index contributed by atoms with van der Waals surface area (Å²) in [6.45, 7) is 5.95.